The van der Waals surface area contributed by atoms with Crippen molar-refractivity contribution in [3.63, 3.8) is 0 Å². The summed E-state index contributed by atoms with van der Waals surface area (Å²) in [7, 11) is 0. The maximum absolute atomic E-state index is 12.5. The molecule has 1 aliphatic heterocycles. The van der Waals surface area contributed by atoms with Gasteiger partial charge in [0.05, 0.1) is 5.02 Å². The average Bonchev–Trinajstić information content (AvgIpc) is 2.88. The van der Waals surface area contributed by atoms with E-state index in [4.69, 9.17) is 23.2 Å². The zero-order chi connectivity index (χ0) is 13.4. The first-order valence-electron chi connectivity index (χ1n) is 6.02. The molecule has 0 spiro atoms. The fourth-order valence-electron chi connectivity index (χ4n) is 2.27. The first-order valence-corrected chi connectivity index (χ1v) is 6.77. The highest BCUT2D eigenvalue weighted by Crippen LogP contribution is 2.27. The van der Waals surface area contributed by atoms with Gasteiger partial charge < -0.3 is 5.32 Å². The molecule has 2 aromatic carbocycles. The predicted octanol–water partition coefficient (Wildman–Crippen LogP) is 4.19. The lowest BCUT2D eigenvalue weighted by molar-refractivity contribution is 0.103. The lowest BCUT2D eigenvalue weighted by Crippen LogP contribution is -2.02. The van der Waals surface area contributed by atoms with Gasteiger partial charge in [-0.3, -0.25) is 4.79 Å². The third-order valence-electron chi connectivity index (χ3n) is 3.25. The summed E-state index contributed by atoms with van der Waals surface area (Å²) in [6, 6.07) is 10.6. The van der Waals surface area contributed by atoms with E-state index in [0.717, 1.165) is 18.7 Å². The van der Waals surface area contributed by atoms with Crippen LogP contribution in [0.5, 0.6) is 0 Å². The van der Waals surface area contributed by atoms with Gasteiger partial charge in [-0.1, -0.05) is 23.2 Å². The standard InChI is InChI=1S/C15H11Cl2NO/c16-11-2-3-13(17)12(8-11)15(19)10-1-4-14-9(7-10)5-6-18-14/h1-4,7-8,18H,5-6H2. The third-order valence-corrected chi connectivity index (χ3v) is 3.81. The molecule has 2 nitrogen and oxygen atoms in total. The van der Waals surface area contributed by atoms with Crippen molar-refractivity contribution in [1.29, 1.82) is 0 Å². The Bertz CT molecular complexity index is 667. The zero-order valence-corrected chi connectivity index (χ0v) is 11.6. The molecule has 1 N–H and O–H groups in total. The van der Waals surface area contributed by atoms with Gasteiger partial charge in [0.25, 0.3) is 0 Å². The number of nitrogens with one attached hydrogen (secondary N) is 1. The number of ketones is 1. The van der Waals surface area contributed by atoms with E-state index >= 15 is 0 Å². The first-order chi connectivity index (χ1) is 9.15. The summed E-state index contributed by atoms with van der Waals surface area (Å²) in [4.78, 5) is 12.5. The van der Waals surface area contributed by atoms with E-state index in [9.17, 15) is 4.79 Å². The largest absolute Gasteiger partial charge is 0.384 e. The van der Waals surface area contributed by atoms with Crippen LogP contribution in [0.15, 0.2) is 36.4 Å². The zero-order valence-electron chi connectivity index (χ0n) is 10.0. The monoisotopic (exact) mass is 291 g/mol. The maximum atomic E-state index is 12.5. The van der Waals surface area contributed by atoms with Crippen LogP contribution in [0.3, 0.4) is 0 Å². The number of hydrogen-bond acceptors (Lipinski definition) is 2. The van der Waals surface area contributed by atoms with Crippen LogP contribution >= 0.6 is 23.2 Å². The fraction of sp³-hybridized carbons (Fsp3) is 0.133. The predicted molar refractivity (Wildman–Crippen MR) is 78.5 cm³/mol. The molecule has 96 valence electrons. The molecular formula is C15H11Cl2NO. The minimum absolute atomic E-state index is 0.0952. The SMILES string of the molecule is O=C(c1ccc2c(c1)CCN2)c1cc(Cl)ccc1Cl. The Morgan fingerprint density at radius 3 is 2.79 bits per heavy atom. The Morgan fingerprint density at radius 2 is 1.95 bits per heavy atom. The van der Waals surface area contributed by atoms with Gasteiger partial charge in [-0.2, -0.15) is 0 Å². The average molecular weight is 292 g/mol. The summed E-state index contributed by atoms with van der Waals surface area (Å²) in [6.45, 7) is 0.922. The van der Waals surface area contributed by atoms with E-state index in [1.165, 1.54) is 5.56 Å². The maximum Gasteiger partial charge on any atom is 0.194 e. The van der Waals surface area contributed by atoms with Crippen LogP contribution < -0.4 is 5.32 Å². The Morgan fingerprint density at radius 1 is 1.11 bits per heavy atom. The van der Waals surface area contributed by atoms with Crippen LogP contribution in [-0.4, -0.2) is 12.3 Å². The van der Waals surface area contributed by atoms with Crippen LogP contribution in [0.25, 0.3) is 0 Å². The summed E-state index contributed by atoms with van der Waals surface area (Å²) in [5.41, 5.74) is 3.37. The van der Waals surface area contributed by atoms with Gasteiger partial charge in [-0.15, -0.1) is 0 Å². The van der Waals surface area contributed by atoms with Gasteiger partial charge in [0.15, 0.2) is 5.78 Å². The molecule has 3 rings (SSSR count). The first kappa shape index (κ1) is 12.5. The summed E-state index contributed by atoms with van der Waals surface area (Å²) in [6.07, 6.45) is 0.944. The molecule has 19 heavy (non-hydrogen) atoms. The Balaban J connectivity index is 2.02. The molecule has 0 bridgehead atoms. The fourth-order valence-corrected chi connectivity index (χ4v) is 2.65. The number of hydrogen-bond donors (Lipinski definition) is 1. The highest BCUT2D eigenvalue weighted by Gasteiger charge is 2.17. The van der Waals surface area contributed by atoms with E-state index in [-0.39, 0.29) is 5.78 Å². The normalized spacial score (nSPS) is 12.9. The second-order valence-electron chi connectivity index (χ2n) is 4.50. The van der Waals surface area contributed by atoms with Gasteiger partial charge in [0, 0.05) is 28.4 Å². The molecule has 2 aromatic rings. The number of halogens is 2. The van der Waals surface area contributed by atoms with Crippen molar-refractivity contribution < 1.29 is 4.79 Å². The van der Waals surface area contributed by atoms with Crippen LogP contribution in [0.2, 0.25) is 10.0 Å². The van der Waals surface area contributed by atoms with Gasteiger partial charge in [-0.25, -0.2) is 0 Å². The number of rotatable bonds is 2. The second kappa shape index (κ2) is 4.87. The van der Waals surface area contributed by atoms with E-state index < -0.39 is 0 Å². The number of carbonyl (C=O) groups excluding carboxylic acids is 1. The molecule has 1 aliphatic rings. The lowest BCUT2D eigenvalue weighted by atomic mass is 10.0. The molecule has 4 heteroatoms. The Labute approximate surface area is 121 Å². The summed E-state index contributed by atoms with van der Waals surface area (Å²) < 4.78 is 0. The third kappa shape index (κ3) is 2.34. The van der Waals surface area contributed by atoms with Crippen molar-refractivity contribution in [3.8, 4) is 0 Å². The number of fused-ring (bicyclic) bond motifs is 1. The Hall–Kier alpha value is -1.51. The highest BCUT2D eigenvalue weighted by molar-refractivity contribution is 6.36. The molecule has 0 aliphatic carbocycles. The van der Waals surface area contributed by atoms with Crippen molar-refractivity contribution in [3.05, 3.63) is 63.1 Å². The molecule has 0 atom stereocenters. The smallest absolute Gasteiger partial charge is 0.194 e. The summed E-state index contributed by atoms with van der Waals surface area (Å²) >= 11 is 12.0. The quantitative estimate of drug-likeness (QED) is 0.841. The molecule has 0 amide bonds. The van der Waals surface area contributed by atoms with Crippen LogP contribution in [0, 0.1) is 0 Å². The minimum atomic E-state index is -0.0952. The van der Waals surface area contributed by atoms with Crippen molar-refractivity contribution in [2.45, 2.75) is 6.42 Å². The van der Waals surface area contributed by atoms with Crippen LogP contribution in [-0.2, 0) is 6.42 Å². The second-order valence-corrected chi connectivity index (χ2v) is 5.35. The highest BCUT2D eigenvalue weighted by atomic mass is 35.5. The number of benzene rings is 2. The summed E-state index contributed by atoms with van der Waals surface area (Å²) in [5, 5.41) is 4.20. The number of anilines is 1. The topological polar surface area (TPSA) is 29.1 Å². The molecule has 0 saturated carbocycles. The molecule has 0 saturated heterocycles. The van der Waals surface area contributed by atoms with Crippen molar-refractivity contribution in [1.82, 2.24) is 0 Å². The van der Waals surface area contributed by atoms with E-state index in [2.05, 4.69) is 5.32 Å². The van der Waals surface area contributed by atoms with Gasteiger partial charge in [0.1, 0.15) is 0 Å². The van der Waals surface area contributed by atoms with E-state index in [0.29, 0.717) is 21.2 Å². The van der Waals surface area contributed by atoms with Crippen molar-refractivity contribution >= 4 is 34.7 Å². The van der Waals surface area contributed by atoms with Crippen molar-refractivity contribution in [2.75, 3.05) is 11.9 Å². The van der Waals surface area contributed by atoms with E-state index in [1.807, 2.05) is 18.2 Å². The molecule has 1 heterocycles. The van der Waals surface area contributed by atoms with E-state index in [1.54, 1.807) is 18.2 Å². The summed E-state index contributed by atoms with van der Waals surface area (Å²) in [5.74, 6) is -0.0952. The molecule has 0 aromatic heterocycles. The molecule has 0 fully saturated rings. The van der Waals surface area contributed by atoms with Crippen LogP contribution in [0.4, 0.5) is 5.69 Å². The van der Waals surface area contributed by atoms with Crippen molar-refractivity contribution in [2.24, 2.45) is 0 Å². The molecule has 0 radical (unpaired) electrons. The van der Waals surface area contributed by atoms with Gasteiger partial charge >= 0.3 is 0 Å². The van der Waals surface area contributed by atoms with Gasteiger partial charge in [0.2, 0.25) is 0 Å². The number of carbonyl (C=O) groups is 1. The minimum Gasteiger partial charge on any atom is -0.384 e. The molecular weight excluding hydrogens is 281 g/mol. The van der Waals surface area contributed by atoms with Gasteiger partial charge in [-0.05, 0) is 48.4 Å². The lowest BCUT2D eigenvalue weighted by Gasteiger charge is -2.06. The van der Waals surface area contributed by atoms with Crippen LogP contribution in [0.1, 0.15) is 21.5 Å². The Kier molecular flexibility index (Phi) is 3.21. The molecule has 0 unspecified atom stereocenters.